The first-order valence-electron chi connectivity index (χ1n) is 9.35. The molecule has 3 aromatic rings. The van der Waals surface area contributed by atoms with Crippen LogP contribution in [-0.4, -0.2) is 22.9 Å². The van der Waals surface area contributed by atoms with E-state index < -0.39 is 0 Å². The molecule has 2 heterocycles. The zero-order valence-electron chi connectivity index (χ0n) is 15.4. The zero-order valence-corrected chi connectivity index (χ0v) is 15.4. The molecule has 0 aliphatic carbocycles. The number of carbonyl (C=O) groups is 2. The van der Waals surface area contributed by atoms with Gasteiger partial charge in [-0.25, -0.2) is 0 Å². The quantitative estimate of drug-likeness (QED) is 0.767. The summed E-state index contributed by atoms with van der Waals surface area (Å²) in [5, 5.41) is 4.07. The normalized spacial score (nSPS) is 14.6. The van der Waals surface area contributed by atoms with Gasteiger partial charge >= 0.3 is 0 Å². The Labute approximate surface area is 158 Å². The smallest absolute Gasteiger partial charge is 0.228 e. The SMILES string of the molecule is Cn1cc(CC(=O)Nc2cccc(N3CCCCC3=O)c2)c2ccccc21. The van der Waals surface area contributed by atoms with Crippen molar-refractivity contribution in [1.82, 2.24) is 4.57 Å². The lowest BCUT2D eigenvalue weighted by Crippen LogP contribution is -2.35. The molecule has 27 heavy (non-hydrogen) atoms. The number of benzene rings is 2. The van der Waals surface area contributed by atoms with Crippen molar-refractivity contribution in [2.45, 2.75) is 25.7 Å². The average molecular weight is 361 g/mol. The van der Waals surface area contributed by atoms with Gasteiger partial charge in [0.1, 0.15) is 0 Å². The van der Waals surface area contributed by atoms with Crippen LogP contribution in [0.4, 0.5) is 11.4 Å². The van der Waals surface area contributed by atoms with Crippen molar-refractivity contribution in [2.24, 2.45) is 7.05 Å². The van der Waals surface area contributed by atoms with Crippen molar-refractivity contribution < 1.29 is 9.59 Å². The minimum absolute atomic E-state index is 0.0616. The standard InChI is InChI=1S/C22H23N3O2/c1-24-15-16(19-9-2-3-10-20(19)24)13-21(26)23-17-7-6-8-18(14-17)25-12-5-4-11-22(25)27/h2-3,6-10,14-15H,4-5,11-13H2,1H3,(H,23,26). The third-order valence-corrected chi connectivity index (χ3v) is 5.10. The van der Waals surface area contributed by atoms with E-state index >= 15 is 0 Å². The minimum Gasteiger partial charge on any atom is -0.350 e. The molecule has 1 aliphatic rings. The Balaban J connectivity index is 1.49. The van der Waals surface area contributed by atoms with Crippen LogP contribution in [0.1, 0.15) is 24.8 Å². The van der Waals surface area contributed by atoms with Gasteiger partial charge in [0.25, 0.3) is 0 Å². The Bertz CT molecular complexity index is 1010. The summed E-state index contributed by atoms with van der Waals surface area (Å²) in [6.07, 6.45) is 4.89. The summed E-state index contributed by atoms with van der Waals surface area (Å²) < 4.78 is 2.04. The third-order valence-electron chi connectivity index (χ3n) is 5.10. The van der Waals surface area contributed by atoms with Gasteiger partial charge < -0.3 is 14.8 Å². The Morgan fingerprint density at radius 2 is 1.96 bits per heavy atom. The van der Waals surface area contributed by atoms with E-state index in [-0.39, 0.29) is 11.8 Å². The number of nitrogens with one attached hydrogen (secondary N) is 1. The van der Waals surface area contributed by atoms with Crippen LogP contribution >= 0.6 is 0 Å². The van der Waals surface area contributed by atoms with Gasteiger partial charge in [-0.05, 0) is 42.7 Å². The molecule has 2 amide bonds. The van der Waals surface area contributed by atoms with Crippen molar-refractivity contribution in [1.29, 1.82) is 0 Å². The number of anilines is 2. The summed E-state index contributed by atoms with van der Waals surface area (Å²) >= 11 is 0. The number of rotatable bonds is 4. The van der Waals surface area contributed by atoms with Crippen LogP contribution in [0.3, 0.4) is 0 Å². The van der Waals surface area contributed by atoms with Gasteiger partial charge in [-0.15, -0.1) is 0 Å². The van der Waals surface area contributed by atoms with Crippen LogP contribution in [0, 0.1) is 0 Å². The molecule has 4 rings (SSSR count). The van der Waals surface area contributed by atoms with E-state index in [9.17, 15) is 9.59 Å². The molecule has 1 aliphatic heterocycles. The van der Waals surface area contributed by atoms with Crippen molar-refractivity contribution in [2.75, 3.05) is 16.8 Å². The predicted molar refractivity (Wildman–Crippen MR) is 108 cm³/mol. The summed E-state index contributed by atoms with van der Waals surface area (Å²) in [6.45, 7) is 0.742. The van der Waals surface area contributed by atoms with Crippen molar-refractivity contribution in [3.63, 3.8) is 0 Å². The van der Waals surface area contributed by atoms with Gasteiger partial charge in [0.05, 0.1) is 6.42 Å². The molecule has 1 saturated heterocycles. The highest BCUT2D eigenvalue weighted by molar-refractivity contribution is 5.98. The molecule has 0 unspecified atom stereocenters. The molecule has 138 valence electrons. The fourth-order valence-corrected chi connectivity index (χ4v) is 3.78. The van der Waals surface area contributed by atoms with E-state index in [4.69, 9.17) is 0 Å². The van der Waals surface area contributed by atoms with Crippen molar-refractivity contribution in [3.05, 3.63) is 60.3 Å². The first-order chi connectivity index (χ1) is 13.1. The maximum Gasteiger partial charge on any atom is 0.228 e. The molecule has 0 radical (unpaired) electrons. The van der Waals surface area contributed by atoms with Crippen LogP contribution in [0.5, 0.6) is 0 Å². The maximum absolute atomic E-state index is 12.6. The third kappa shape index (κ3) is 3.58. The van der Waals surface area contributed by atoms with E-state index in [1.807, 2.05) is 65.2 Å². The molecule has 1 fully saturated rings. The number of aryl methyl sites for hydroxylation is 1. The Hall–Kier alpha value is -3.08. The number of para-hydroxylation sites is 1. The van der Waals surface area contributed by atoms with Crippen LogP contribution in [-0.2, 0) is 23.1 Å². The highest BCUT2D eigenvalue weighted by Gasteiger charge is 2.20. The van der Waals surface area contributed by atoms with E-state index in [2.05, 4.69) is 11.4 Å². The summed E-state index contributed by atoms with van der Waals surface area (Å²) in [6, 6.07) is 15.6. The van der Waals surface area contributed by atoms with Gasteiger partial charge in [-0.1, -0.05) is 24.3 Å². The Morgan fingerprint density at radius 3 is 2.81 bits per heavy atom. The van der Waals surface area contributed by atoms with Crippen LogP contribution in [0.15, 0.2) is 54.7 Å². The molecule has 0 bridgehead atoms. The van der Waals surface area contributed by atoms with Crippen LogP contribution in [0.25, 0.3) is 10.9 Å². The van der Waals surface area contributed by atoms with Crippen molar-refractivity contribution in [3.8, 4) is 0 Å². The fraction of sp³-hybridized carbons (Fsp3) is 0.273. The number of hydrogen-bond donors (Lipinski definition) is 1. The molecular weight excluding hydrogens is 338 g/mol. The highest BCUT2D eigenvalue weighted by atomic mass is 16.2. The molecule has 1 N–H and O–H groups in total. The summed E-state index contributed by atoms with van der Waals surface area (Å²) in [4.78, 5) is 26.5. The fourth-order valence-electron chi connectivity index (χ4n) is 3.78. The lowest BCUT2D eigenvalue weighted by atomic mass is 10.1. The summed E-state index contributed by atoms with van der Waals surface area (Å²) in [7, 11) is 1.99. The molecular formula is C22H23N3O2. The number of nitrogens with zero attached hydrogens (tertiary/aromatic N) is 2. The number of piperidine rings is 1. The second-order valence-corrected chi connectivity index (χ2v) is 7.06. The zero-order chi connectivity index (χ0) is 18.8. The van der Waals surface area contributed by atoms with Crippen molar-refractivity contribution >= 4 is 34.1 Å². The first kappa shape index (κ1) is 17.3. The Morgan fingerprint density at radius 1 is 1.11 bits per heavy atom. The van der Waals surface area contributed by atoms with Gasteiger partial charge in [0, 0.05) is 48.5 Å². The lowest BCUT2D eigenvalue weighted by Gasteiger charge is -2.27. The molecule has 0 spiro atoms. The van der Waals surface area contributed by atoms with E-state index in [0.717, 1.165) is 47.2 Å². The Kier molecular flexibility index (Phi) is 4.67. The van der Waals surface area contributed by atoms with Gasteiger partial charge in [-0.2, -0.15) is 0 Å². The average Bonchev–Trinajstić information content (AvgIpc) is 2.98. The number of carbonyl (C=O) groups excluding carboxylic acids is 2. The number of aromatic nitrogens is 1. The molecule has 5 nitrogen and oxygen atoms in total. The minimum atomic E-state index is -0.0616. The molecule has 1 aromatic heterocycles. The monoisotopic (exact) mass is 361 g/mol. The number of hydrogen-bond acceptors (Lipinski definition) is 2. The first-order valence-corrected chi connectivity index (χ1v) is 9.35. The second kappa shape index (κ2) is 7.27. The molecule has 5 heteroatoms. The van der Waals surface area contributed by atoms with Crippen LogP contribution in [0.2, 0.25) is 0 Å². The number of amides is 2. The van der Waals surface area contributed by atoms with Crippen LogP contribution < -0.4 is 10.2 Å². The van der Waals surface area contributed by atoms with E-state index in [0.29, 0.717) is 12.8 Å². The number of fused-ring (bicyclic) bond motifs is 1. The summed E-state index contributed by atoms with van der Waals surface area (Å²) in [5.74, 6) is 0.0916. The topological polar surface area (TPSA) is 54.3 Å². The second-order valence-electron chi connectivity index (χ2n) is 7.06. The lowest BCUT2D eigenvalue weighted by molar-refractivity contribution is -0.119. The van der Waals surface area contributed by atoms with Gasteiger partial charge in [0.15, 0.2) is 0 Å². The predicted octanol–water partition coefficient (Wildman–Crippen LogP) is 3.88. The largest absolute Gasteiger partial charge is 0.350 e. The van der Waals surface area contributed by atoms with E-state index in [1.165, 1.54) is 0 Å². The van der Waals surface area contributed by atoms with Gasteiger partial charge in [0.2, 0.25) is 11.8 Å². The molecule has 2 aromatic carbocycles. The molecule has 0 atom stereocenters. The van der Waals surface area contributed by atoms with E-state index in [1.54, 1.807) is 0 Å². The maximum atomic E-state index is 12.6. The molecule has 0 saturated carbocycles. The van der Waals surface area contributed by atoms with Gasteiger partial charge in [-0.3, -0.25) is 9.59 Å². The highest BCUT2D eigenvalue weighted by Crippen LogP contribution is 2.25. The summed E-state index contributed by atoms with van der Waals surface area (Å²) in [5.41, 5.74) is 3.69.